The van der Waals surface area contributed by atoms with Crippen molar-refractivity contribution in [2.45, 2.75) is 30.8 Å². The molecule has 0 bridgehead atoms. The van der Waals surface area contributed by atoms with Crippen molar-refractivity contribution in [3.8, 4) is 11.4 Å². The number of benzene rings is 1. The molecule has 118 valence electrons. The van der Waals surface area contributed by atoms with Crippen LogP contribution in [0.1, 0.15) is 12.5 Å². The third kappa shape index (κ3) is 3.86. The molecule has 1 heterocycles. The number of methoxy groups -OCH3 is 1. The van der Waals surface area contributed by atoms with Gasteiger partial charge in [0.25, 0.3) is 0 Å². The highest BCUT2D eigenvalue weighted by atomic mass is 32.2. The lowest BCUT2D eigenvalue weighted by Gasteiger charge is -2.11. The SMILES string of the molecule is COCCn1c(SC(C)C(N)=O)nnc1-c1cccc(C)c1. The van der Waals surface area contributed by atoms with Crippen molar-refractivity contribution in [2.24, 2.45) is 5.73 Å². The highest BCUT2D eigenvalue weighted by Gasteiger charge is 2.19. The largest absolute Gasteiger partial charge is 0.383 e. The van der Waals surface area contributed by atoms with Crippen LogP contribution in [0.5, 0.6) is 0 Å². The van der Waals surface area contributed by atoms with Crippen LogP contribution in [-0.4, -0.2) is 39.6 Å². The van der Waals surface area contributed by atoms with Gasteiger partial charge >= 0.3 is 0 Å². The van der Waals surface area contributed by atoms with Gasteiger partial charge in [-0.05, 0) is 19.9 Å². The van der Waals surface area contributed by atoms with E-state index in [0.29, 0.717) is 18.3 Å². The van der Waals surface area contributed by atoms with Crippen LogP contribution in [0.2, 0.25) is 0 Å². The minimum atomic E-state index is -0.372. The molecule has 1 aromatic carbocycles. The summed E-state index contributed by atoms with van der Waals surface area (Å²) in [4.78, 5) is 11.3. The zero-order valence-electron chi connectivity index (χ0n) is 12.9. The fraction of sp³-hybridized carbons (Fsp3) is 0.400. The number of hydrogen-bond donors (Lipinski definition) is 1. The van der Waals surface area contributed by atoms with Crippen LogP contribution in [0.25, 0.3) is 11.4 Å². The number of carbonyl (C=O) groups excluding carboxylic acids is 1. The molecule has 2 rings (SSSR count). The van der Waals surface area contributed by atoms with Crippen LogP contribution < -0.4 is 5.73 Å². The number of aromatic nitrogens is 3. The van der Waals surface area contributed by atoms with Crippen molar-refractivity contribution in [2.75, 3.05) is 13.7 Å². The number of rotatable bonds is 7. The molecule has 7 heteroatoms. The van der Waals surface area contributed by atoms with Crippen LogP contribution in [-0.2, 0) is 16.1 Å². The van der Waals surface area contributed by atoms with Crippen molar-refractivity contribution in [3.63, 3.8) is 0 Å². The van der Waals surface area contributed by atoms with E-state index >= 15 is 0 Å². The van der Waals surface area contributed by atoms with Gasteiger partial charge in [-0.25, -0.2) is 0 Å². The molecule has 6 nitrogen and oxygen atoms in total. The molecule has 0 saturated carbocycles. The molecule has 22 heavy (non-hydrogen) atoms. The molecule has 1 amide bonds. The smallest absolute Gasteiger partial charge is 0.230 e. The standard InChI is InChI=1S/C15H20N4O2S/c1-10-5-4-6-12(9-10)14-17-18-15(19(14)7-8-21-3)22-11(2)13(16)20/h4-6,9,11H,7-8H2,1-3H3,(H2,16,20). The summed E-state index contributed by atoms with van der Waals surface area (Å²) in [6, 6.07) is 8.06. The molecule has 1 unspecified atom stereocenters. The number of nitrogens with two attached hydrogens (primary N) is 1. The molecule has 1 atom stereocenters. The second-order valence-corrected chi connectivity index (χ2v) is 6.29. The molecular weight excluding hydrogens is 300 g/mol. The lowest BCUT2D eigenvalue weighted by Crippen LogP contribution is -2.23. The summed E-state index contributed by atoms with van der Waals surface area (Å²) in [6.07, 6.45) is 0. The highest BCUT2D eigenvalue weighted by molar-refractivity contribution is 8.00. The summed E-state index contributed by atoms with van der Waals surface area (Å²) < 4.78 is 7.12. The summed E-state index contributed by atoms with van der Waals surface area (Å²) >= 11 is 1.31. The van der Waals surface area contributed by atoms with Crippen molar-refractivity contribution in [1.82, 2.24) is 14.8 Å². The van der Waals surface area contributed by atoms with Crippen LogP contribution in [0, 0.1) is 6.92 Å². The van der Waals surface area contributed by atoms with E-state index in [9.17, 15) is 4.79 Å². The lowest BCUT2D eigenvalue weighted by atomic mass is 10.1. The van der Waals surface area contributed by atoms with E-state index in [1.807, 2.05) is 29.7 Å². The molecule has 2 N–H and O–H groups in total. The molecule has 0 saturated heterocycles. The Kier molecular flexibility index (Phi) is 5.57. The first-order valence-electron chi connectivity index (χ1n) is 6.98. The number of primary amides is 1. The Bertz CT molecular complexity index is 657. The Hall–Kier alpha value is -1.86. The van der Waals surface area contributed by atoms with E-state index in [0.717, 1.165) is 17.0 Å². The van der Waals surface area contributed by atoms with E-state index in [1.54, 1.807) is 14.0 Å². The van der Waals surface area contributed by atoms with Crippen LogP contribution >= 0.6 is 11.8 Å². The van der Waals surface area contributed by atoms with Gasteiger partial charge in [-0.1, -0.05) is 35.5 Å². The molecule has 0 aliphatic rings. The third-order valence-corrected chi connectivity index (χ3v) is 4.29. The summed E-state index contributed by atoms with van der Waals surface area (Å²) in [5.74, 6) is 0.392. The van der Waals surface area contributed by atoms with E-state index in [2.05, 4.69) is 16.3 Å². The van der Waals surface area contributed by atoms with E-state index in [1.165, 1.54) is 11.8 Å². The van der Waals surface area contributed by atoms with E-state index in [4.69, 9.17) is 10.5 Å². The number of amides is 1. The van der Waals surface area contributed by atoms with Gasteiger partial charge in [-0.3, -0.25) is 9.36 Å². The maximum atomic E-state index is 11.3. The van der Waals surface area contributed by atoms with Gasteiger partial charge in [-0.2, -0.15) is 0 Å². The summed E-state index contributed by atoms with van der Waals surface area (Å²) in [6.45, 7) is 4.94. The average Bonchev–Trinajstić information content (AvgIpc) is 2.87. The van der Waals surface area contributed by atoms with E-state index in [-0.39, 0.29) is 11.2 Å². The molecule has 0 aliphatic heterocycles. The van der Waals surface area contributed by atoms with Gasteiger partial charge < -0.3 is 10.5 Å². The third-order valence-electron chi connectivity index (χ3n) is 3.19. The van der Waals surface area contributed by atoms with Gasteiger partial charge in [0.05, 0.1) is 18.4 Å². The first-order valence-corrected chi connectivity index (χ1v) is 7.86. The summed E-state index contributed by atoms with van der Waals surface area (Å²) in [5, 5.41) is 8.79. The number of aryl methyl sites for hydroxylation is 1. The zero-order chi connectivity index (χ0) is 16.1. The monoisotopic (exact) mass is 320 g/mol. The summed E-state index contributed by atoms with van der Waals surface area (Å²) in [7, 11) is 1.65. The quantitative estimate of drug-likeness (QED) is 0.787. The Labute approximate surface area is 134 Å². The second kappa shape index (κ2) is 7.42. The first-order chi connectivity index (χ1) is 10.5. The second-order valence-electron chi connectivity index (χ2n) is 4.98. The number of carbonyl (C=O) groups is 1. The van der Waals surface area contributed by atoms with Crippen LogP contribution in [0.4, 0.5) is 0 Å². The average molecular weight is 320 g/mol. The first kappa shape index (κ1) is 16.5. The maximum absolute atomic E-state index is 11.3. The maximum Gasteiger partial charge on any atom is 0.230 e. The fourth-order valence-corrected chi connectivity index (χ4v) is 2.80. The number of hydrogen-bond acceptors (Lipinski definition) is 5. The topological polar surface area (TPSA) is 83.0 Å². The van der Waals surface area contributed by atoms with Gasteiger partial charge in [0.15, 0.2) is 11.0 Å². The lowest BCUT2D eigenvalue weighted by molar-refractivity contribution is -0.117. The van der Waals surface area contributed by atoms with Gasteiger partial charge in [0.2, 0.25) is 5.91 Å². The van der Waals surface area contributed by atoms with Crippen molar-refractivity contribution in [3.05, 3.63) is 29.8 Å². The van der Waals surface area contributed by atoms with Crippen LogP contribution in [0.15, 0.2) is 29.4 Å². The fourth-order valence-electron chi connectivity index (χ4n) is 1.97. The zero-order valence-corrected chi connectivity index (χ0v) is 13.8. The molecule has 2 aromatic rings. The minimum Gasteiger partial charge on any atom is -0.383 e. The molecule has 0 spiro atoms. The number of thioether (sulfide) groups is 1. The Morgan fingerprint density at radius 2 is 2.23 bits per heavy atom. The normalized spacial score (nSPS) is 12.3. The Balaban J connectivity index is 2.37. The predicted octanol–water partition coefficient (Wildman–Crippen LogP) is 1.87. The molecular formula is C15H20N4O2S. The van der Waals surface area contributed by atoms with Crippen LogP contribution in [0.3, 0.4) is 0 Å². The Morgan fingerprint density at radius 1 is 1.45 bits per heavy atom. The molecule has 0 radical (unpaired) electrons. The van der Waals surface area contributed by atoms with Gasteiger partial charge in [-0.15, -0.1) is 10.2 Å². The van der Waals surface area contributed by atoms with Crippen molar-refractivity contribution >= 4 is 17.7 Å². The van der Waals surface area contributed by atoms with Crippen molar-refractivity contribution < 1.29 is 9.53 Å². The number of nitrogens with zero attached hydrogens (tertiary/aromatic N) is 3. The molecule has 0 fully saturated rings. The molecule has 0 aliphatic carbocycles. The van der Waals surface area contributed by atoms with Gasteiger partial charge in [0.1, 0.15) is 0 Å². The molecule has 1 aromatic heterocycles. The summed E-state index contributed by atoms with van der Waals surface area (Å²) in [5.41, 5.74) is 7.47. The number of ether oxygens (including phenoxy) is 1. The van der Waals surface area contributed by atoms with Gasteiger partial charge in [0, 0.05) is 12.7 Å². The highest BCUT2D eigenvalue weighted by Crippen LogP contribution is 2.27. The Morgan fingerprint density at radius 3 is 2.86 bits per heavy atom. The predicted molar refractivity (Wildman–Crippen MR) is 86.6 cm³/mol. The van der Waals surface area contributed by atoms with Crippen molar-refractivity contribution in [1.29, 1.82) is 0 Å². The van der Waals surface area contributed by atoms with E-state index < -0.39 is 0 Å². The minimum absolute atomic E-state index is 0.365.